The van der Waals surface area contributed by atoms with E-state index in [2.05, 4.69) is 6.92 Å². The molecule has 3 rings (SSSR count). The van der Waals surface area contributed by atoms with Crippen molar-refractivity contribution in [1.82, 2.24) is 0 Å². The van der Waals surface area contributed by atoms with Crippen LogP contribution in [0.15, 0.2) is 12.1 Å². The second-order valence-corrected chi connectivity index (χ2v) is 8.97. The van der Waals surface area contributed by atoms with E-state index in [1.165, 1.54) is 37.8 Å². The van der Waals surface area contributed by atoms with E-state index >= 15 is 0 Å². The van der Waals surface area contributed by atoms with Gasteiger partial charge >= 0.3 is 6.18 Å². The zero-order valence-corrected chi connectivity index (χ0v) is 17.7. The summed E-state index contributed by atoms with van der Waals surface area (Å²) >= 11 is 0. The van der Waals surface area contributed by atoms with E-state index in [0.717, 1.165) is 25.2 Å². The molecule has 1 aliphatic heterocycles. The van der Waals surface area contributed by atoms with Gasteiger partial charge in [-0.25, -0.2) is 4.39 Å². The van der Waals surface area contributed by atoms with Crippen molar-refractivity contribution >= 4 is 0 Å². The van der Waals surface area contributed by atoms with Gasteiger partial charge in [0, 0.05) is 5.92 Å². The minimum atomic E-state index is -4.68. The van der Waals surface area contributed by atoms with Crippen LogP contribution in [-0.4, -0.2) is 12.7 Å². The molecule has 0 radical (unpaired) electrons. The standard InChI is InChI=1S/C24H34F4O/c1-3-5-16-7-9-17(10-8-16)21-14-12-19(15-29-21)20-13-11-18(6-4-2)23(25)22(20)24(26,27)28/h11,13,16-17,19,21H,3-10,12,14-15H2,1-2H3. The molecule has 0 aromatic heterocycles. The van der Waals surface area contributed by atoms with Gasteiger partial charge in [0.2, 0.25) is 0 Å². The molecule has 1 heterocycles. The molecule has 2 aliphatic rings. The van der Waals surface area contributed by atoms with Crippen LogP contribution < -0.4 is 0 Å². The predicted octanol–water partition coefficient (Wildman–Crippen LogP) is 7.67. The van der Waals surface area contributed by atoms with Crippen LogP contribution in [0.5, 0.6) is 0 Å². The van der Waals surface area contributed by atoms with E-state index in [0.29, 0.717) is 25.2 Å². The molecule has 0 bridgehead atoms. The van der Waals surface area contributed by atoms with E-state index in [9.17, 15) is 17.6 Å². The Kier molecular flexibility index (Phi) is 7.63. The molecule has 1 aromatic rings. The van der Waals surface area contributed by atoms with Gasteiger partial charge in [0.15, 0.2) is 0 Å². The smallest absolute Gasteiger partial charge is 0.377 e. The fourth-order valence-electron chi connectivity index (χ4n) is 5.37. The average molecular weight is 415 g/mol. The fourth-order valence-corrected chi connectivity index (χ4v) is 5.37. The third-order valence-electron chi connectivity index (χ3n) is 6.92. The van der Waals surface area contributed by atoms with E-state index in [4.69, 9.17) is 4.74 Å². The normalized spacial score (nSPS) is 28.5. The zero-order chi connectivity index (χ0) is 21.0. The number of halogens is 4. The Bertz CT molecular complexity index is 654. The van der Waals surface area contributed by atoms with E-state index in [1.807, 2.05) is 6.92 Å². The highest BCUT2D eigenvalue weighted by Crippen LogP contribution is 2.43. The van der Waals surface area contributed by atoms with Crippen molar-refractivity contribution in [2.75, 3.05) is 6.61 Å². The number of aryl methyl sites for hydroxylation is 1. The van der Waals surface area contributed by atoms with Gasteiger partial charge in [-0.1, -0.05) is 58.1 Å². The van der Waals surface area contributed by atoms with E-state index < -0.39 is 17.6 Å². The lowest BCUT2D eigenvalue weighted by molar-refractivity contribution is -0.141. The SMILES string of the molecule is CCCc1ccc(C2CCC(C3CCC(CCC)CC3)OC2)c(C(F)(F)F)c1F. The quantitative estimate of drug-likeness (QED) is 0.434. The Hall–Kier alpha value is -1.10. The van der Waals surface area contributed by atoms with Gasteiger partial charge in [-0.2, -0.15) is 13.2 Å². The monoisotopic (exact) mass is 414 g/mol. The van der Waals surface area contributed by atoms with E-state index in [1.54, 1.807) is 0 Å². The highest BCUT2D eigenvalue weighted by atomic mass is 19.4. The first-order valence-electron chi connectivity index (χ1n) is 11.3. The van der Waals surface area contributed by atoms with Crippen molar-refractivity contribution in [3.05, 3.63) is 34.6 Å². The molecule has 1 nitrogen and oxygen atoms in total. The van der Waals surface area contributed by atoms with Crippen molar-refractivity contribution in [2.45, 2.75) is 96.3 Å². The van der Waals surface area contributed by atoms with Crippen LogP contribution in [0.1, 0.15) is 94.2 Å². The Morgan fingerprint density at radius 3 is 2.24 bits per heavy atom. The topological polar surface area (TPSA) is 9.23 Å². The van der Waals surface area contributed by atoms with Crippen molar-refractivity contribution in [3.63, 3.8) is 0 Å². The fraction of sp³-hybridized carbons (Fsp3) is 0.750. The van der Waals surface area contributed by atoms with Crippen LogP contribution in [0.3, 0.4) is 0 Å². The summed E-state index contributed by atoms with van der Waals surface area (Å²) < 4.78 is 61.8. The Labute approximate surface area is 172 Å². The second kappa shape index (κ2) is 9.80. The van der Waals surface area contributed by atoms with Gasteiger partial charge < -0.3 is 4.74 Å². The van der Waals surface area contributed by atoms with E-state index in [-0.39, 0.29) is 29.8 Å². The molecule has 2 unspecified atom stereocenters. The molecular weight excluding hydrogens is 380 g/mol. The number of benzene rings is 1. The summed E-state index contributed by atoms with van der Waals surface area (Å²) in [5, 5.41) is 0. The average Bonchev–Trinajstić information content (AvgIpc) is 2.69. The molecule has 1 aromatic carbocycles. The first kappa shape index (κ1) is 22.6. The van der Waals surface area contributed by atoms with Crippen molar-refractivity contribution in [3.8, 4) is 0 Å². The third kappa shape index (κ3) is 5.34. The summed E-state index contributed by atoms with van der Waals surface area (Å²) in [5.74, 6) is -0.126. The molecule has 0 N–H and O–H groups in total. The molecule has 1 aliphatic carbocycles. The maximum atomic E-state index is 14.7. The summed E-state index contributed by atoms with van der Waals surface area (Å²) in [4.78, 5) is 0. The molecule has 2 fully saturated rings. The molecule has 5 heteroatoms. The molecule has 0 spiro atoms. The first-order chi connectivity index (χ1) is 13.8. The van der Waals surface area contributed by atoms with Crippen molar-refractivity contribution in [2.24, 2.45) is 11.8 Å². The van der Waals surface area contributed by atoms with Crippen LogP contribution >= 0.6 is 0 Å². The van der Waals surface area contributed by atoms with Gasteiger partial charge in [-0.15, -0.1) is 0 Å². The summed E-state index contributed by atoms with van der Waals surface area (Å²) in [7, 11) is 0. The highest BCUT2D eigenvalue weighted by molar-refractivity contribution is 5.39. The van der Waals surface area contributed by atoms with Gasteiger partial charge in [-0.3, -0.25) is 0 Å². The predicted molar refractivity (Wildman–Crippen MR) is 107 cm³/mol. The zero-order valence-electron chi connectivity index (χ0n) is 17.7. The lowest BCUT2D eigenvalue weighted by Crippen LogP contribution is -2.34. The minimum Gasteiger partial charge on any atom is -0.377 e. The Balaban J connectivity index is 1.67. The number of ether oxygens (including phenoxy) is 1. The summed E-state index contributed by atoms with van der Waals surface area (Å²) in [6.07, 6.45) is 5.12. The summed E-state index contributed by atoms with van der Waals surface area (Å²) in [5.41, 5.74) is -0.849. The summed E-state index contributed by atoms with van der Waals surface area (Å²) in [6, 6.07) is 3.02. The molecule has 1 saturated carbocycles. The number of hydrogen-bond acceptors (Lipinski definition) is 1. The number of rotatable bonds is 6. The van der Waals surface area contributed by atoms with Gasteiger partial charge in [0.25, 0.3) is 0 Å². The van der Waals surface area contributed by atoms with Crippen molar-refractivity contribution < 1.29 is 22.3 Å². The molecular formula is C24H34F4O. The third-order valence-corrected chi connectivity index (χ3v) is 6.92. The van der Waals surface area contributed by atoms with Crippen LogP contribution in [-0.2, 0) is 17.3 Å². The lowest BCUT2D eigenvalue weighted by Gasteiger charge is -2.38. The van der Waals surface area contributed by atoms with Crippen LogP contribution in [0, 0.1) is 17.7 Å². The van der Waals surface area contributed by atoms with Gasteiger partial charge in [0.05, 0.1) is 18.3 Å². The van der Waals surface area contributed by atoms with Gasteiger partial charge in [0.1, 0.15) is 5.82 Å². The van der Waals surface area contributed by atoms with Crippen molar-refractivity contribution in [1.29, 1.82) is 0 Å². The Morgan fingerprint density at radius 1 is 0.966 bits per heavy atom. The second-order valence-electron chi connectivity index (χ2n) is 8.97. The molecule has 2 atom stereocenters. The number of alkyl halides is 3. The van der Waals surface area contributed by atoms with Crippen LogP contribution in [0.4, 0.5) is 17.6 Å². The first-order valence-corrected chi connectivity index (χ1v) is 11.3. The maximum absolute atomic E-state index is 14.7. The largest absolute Gasteiger partial charge is 0.419 e. The highest BCUT2D eigenvalue weighted by Gasteiger charge is 2.41. The Morgan fingerprint density at radius 2 is 1.69 bits per heavy atom. The van der Waals surface area contributed by atoms with Gasteiger partial charge in [-0.05, 0) is 55.1 Å². The molecule has 0 amide bonds. The molecule has 29 heavy (non-hydrogen) atoms. The molecule has 1 saturated heterocycles. The number of hydrogen-bond donors (Lipinski definition) is 0. The lowest BCUT2D eigenvalue weighted by atomic mass is 9.75. The van der Waals surface area contributed by atoms with Crippen LogP contribution in [0.25, 0.3) is 0 Å². The summed E-state index contributed by atoms with van der Waals surface area (Å²) in [6.45, 7) is 4.32. The maximum Gasteiger partial charge on any atom is 0.419 e. The minimum absolute atomic E-state index is 0.0694. The van der Waals surface area contributed by atoms with Crippen LogP contribution in [0.2, 0.25) is 0 Å². The molecule has 164 valence electrons.